The number of amides is 1. The molecule has 72 heavy (non-hydrogen) atoms. The summed E-state index contributed by atoms with van der Waals surface area (Å²) in [5, 5.41) is 13.8. The molecule has 8 nitrogen and oxygen atoms in total. The van der Waals surface area contributed by atoms with Crippen molar-refractivity contribution >= 4 is 13.7 Å². The largest absolute Gasteiger partial charge is 0.756 e. The van der Waals surface area contributed by atoms with Gasteiger partial charge in [0.05, 0.1) is 39.9 Å². The van der Waals surface area contributed by atoms with Gasteiger partial charge in [-0.05, 0) is 96.3 Å². The van der Waals surface area contributed by atoms with E-state index in [-0.39, 0.29) is 18.9 Å². The van der Waals surface area contributed by atoms with E-state index in [1.807, 2.05) is 27.2 Å². The molecule has 0 aromatic rings. The first-order valence-corrected chi connectivity index (χ1v) is 30.0. The summed E-state index contributed by atoms with van der Waals surface area (Å²) in [7, 11) is 1.21. The van der Waals surface area contributed by atoms with E-state index in [9.17, 15) is 19.4 Å². The molecular weight excluding hydrogens is 912 g/mol. The van der Waals surface area contributed by atoms with Crippen LogP contribution in [0.4, 0.5) is 0 Å². The minimum atomic E-state index is -4.62. The number of phosphoric ester groups is 1. The van der Waals surface area contributed by atoms with Crippen molar-refractivity contribution in [2.24, 2.45) is 0 Å². The number of unbranched alkanes of at least 4 members (excludes halogenated alkanes) is 17. The molecular formula is C63H107N2O6P. The predicted molar refractivity (Wildman–Crippen MR) is 311 cm³/mol. The molecule has 0 saturated heterocycles. The number of quaternary nitrogens is 1. The Morgan fingerprint density at radius 1 is 0.500 bits per heavy atom. The summed E-state index contributed by atoms with van der Waals surface area (Å²) in [5.41, 5.74) is 0. The number of rotatable bonds is 50. The average molecular weight is 1020 g/mol. The number of likely N-dealkylation sites (N-methyl/N-ethyl adjacent to an activating group) is 1. The maximum absolute atomic E-state index is 12.9. The predicted octanol–water partition coefficient (Wildman–Crippen LogP) is 16.9. The summed E-state index contributed by atoms with van der Waals surface area (Å²) >= 11 is 0. The van der Waals surface area contributed by atoms with E-state index in [2.05, 4.69) is 141 Å². The van der Waals surface area contributed by atoms with Crippen molar-refractivity contribution in [1.82, 2.24) is 5.32 Å². The number of allylic oxidation sites excluding steroid dienone is 21. The van der Waals surface area contributed by atoms with Crippen LogP contribution in [0.2, 0.25) is 0 Å². The van der Waals surface area contributed by atoms with Crippen LogP contribution < -0.4 is 10.2 Å². The first kappa shape index (κ1) is 68.6. The van der Waals surface area contributed by atoms with Gasteiger partial charge in [0.1, 0.15) is 13.2 Å². The molecule has 0 rings (SSSR count). The standard InChI is InChI=1S/C63H107N2O6P/c1-6-8-10-12-14-16-18-20-22-24-25-26-27-28-29-30-31-32-33-34-35-36-37-38-39-41-43-45-47-49-51-53-55-57-63(67)64-61(60-71-72(68,69)70-59-58-65(3,4)5)62(66)56-54-52-50-48-46-44-42-40-23-21-19-17-15-13-11-9-7-2/h8,10,14,16,20,22,25-26,28-29,31-32,34-35,37-38,41,43,47,49,54,56,61-62,66H,6-7,9,11-13,15,17-19,21,23-24,27,30,33,36,39-40,42,44-46,48,50-53,55,57-60H2,1-5H3,(H-,64,67,68,69)/b10-8-,16-14-,22-20-,26-25-,29-28-,32-31-,35-34-,38-37-,43-41-,49-47-,56-54+. The zero-order chi connectivity index (χ0) is 52.7. The van der Waals surface area contributed by atoms with Crippen LogP contribution in [0.1, 0.15) is 206 Å². The maximum Gasteiger partial charge on any atom is 0.268 e. The van der Waals surface area contributed by atoms with E-state index in [4.69, 9.17) is 9.05 Å². The van der Waals surface area contributed by atoms with Gasteiger partial charge in [0.25, 0.3) is 7.82 Å². The smallest absolute Gasteiger partial charge is 0.268 e. The Labute approximate surface area is 443 Å². The van der Waals surface area contributed by atoms with Crippen LogP contribution in [0, 0.1) is 0 Å². The van der Waals surface area contributed by atoms with Gasteiger partial charge in [-0.25, -0.2) is 0 Å². The van der Waals surface area contributed by atoms with Crippen LogP contribution in [0.15, 0.2) is 134 Å². The van der Waals surface area contributed by atoms with Gasteiger partial charge in [0, 0.05) is 6.42 Å². The second-order valence-corrected chi connectivity index (χ2v) is 21.3. The summed E-state index contributed by atoms with van der Waals surface area (Å²) in [5.74, 6) is -0.245. The number of nitrogens with zero attached hydrogens (tertiary/aromatic N) is 1. The molecule has 0 aliphatic heterocycles. The second kappa shape index (κ2) is 52.5. The Bertz CT molecular complexity index is 1630. The van der Waals surface area contributed by atoms with E-state index in [0.29, 0.717) is 17.4 Å². The molecule has 0 aromatic heterocycles. The number of carbonyl (C=O) groups excluding carboxylic acids is 1. The third-order valence-electron chi connectivity index (χ3n) is 11.9. The highest BCUT2D eigenvalue weighted by Gasteiger charge is 2.23. The minimum Gasteiger partial charge on any atom is -0.756 e. The van der Waals surface area contributed by atoms with E-state index in [1.165, 1.54) is 83.5 Å². The van der Waals surface area contributed by atoms with Crippen molar-refractivity contribution in [1.29, 1.82) is 0 Å². The molecule has 0 heterocycles. The van der Waals surface area contributed by atoms with Crippen LogP contribution >= 0.6 is 7.82 Å². The van der Waals surface area contributed by atoms with E-state index >= 15 is 0 Å². The van der Waals surface area contributed by atoms with E-state index < -0.39 is 26.6 Å². The van der Waals surface area contributed by atoms with Gasteiger partial charge in [-0.15, -0.1) is 0 Å². The number of nitrogens with one attached hydrogen (secondary N) is 1. The van der Waals surface area contributed by atoms with Crippen molar-refractivity contribution in [3.05, 3.63) is 134 Å². The summed E-state index contributed by atoms with van der Waals surface area (Å²) in [4.78, 5) is 25.5. The van der Waals surface area contributed by atoms with Crippen LogP contribution in [-0.4, -0.2) is 68.5 Å². The maximum atomic E-state index is 12.9. The zero-order valence-electron chi connectivity index (χ0n) is 46.6. The number of aliphatic hydroxyl groups is 1. The highest BCUT2D eigenvalue weighted by atomic mass is 31.2. The van der Waals surface area contributed by atoms with E-state index in [0.717, 1.165) is 96.3 Å². The molecule has 0 spiro atoms. The van der Waals surface area contributed by atoms with Gasteiger partial charge in [-0.1, -0.05) is 237 Å². The number of hydrogen-bond acceptors (Lipinski definition) is 6. The average Bonchev–Trinajstić information content (AvgIpc) is 3.34. The van der Waals surface area contributed by atoms with Crippen LogP contribution in [-0.2, 0) is 18.4 Å². The van der Waals surface area contributed by atoms with Crippen LogP contribution in [0.3, 0.4) is 0 Å². The number of carbonyl (C=O) groups is 1. The lowest BCUT2D eigenvalue weighted by Crippen LogP contribution is -2.45. The van der Waals surface area contributed by atoms with Gasteiger partial charge < -0.3 is 28.8 Å². The van der Waals surface area contributed by atoms with E-state index in [1.54, 1.807) is 6.08 Å². The number of aliphatic hydroxyl groups excluding tert-OH is 1. The van der Waals surface area contributed by atoms with Gasteiger partial charge >= 0.3 is 0 Å². The van der Waals surface area contributed by atoms with Gasteiger partial charge in [-0.2, -0.15) is 0 Å². The molecule has 0 aliphatic carbocycles. The quantitative estimate of drug-likeness (QED) is 0.0272. The van der Waals surface area contributed by atoms with Crippen molar-refractivity contribution in [3.63, 3.8) is 0 Å². The normalized spacial score (nSPS) is 14.9. The Kier molecular flexibility index (Phi) is 50.1. The lowest BCUT2D eigenvalue weighted by atomic mass is 10.0. The molecule has 0 aromatic carbocycles. The zero-order valence-corrected chi connectivity index (χ0v) is 47.5. The molecule has 3 atom stereocenters. The third-order valence-corrected chi connectivity index (χ3v) is 12.8. The lowest BCUT2D eigenvalue weighted by molar-refractivity contribution is -0.870. The molecule has 0 fully saturated rings. The van der Waals surface area contributed by atoms with Crippen molar-refractivity contribution in [2.45, 2.75) is 219 Å². The molecule has 2 N–H and O–H groups in total. The molecule has 410 valence electrons. The van der Waals surface area contributed by atoms with Crippen molar-refractivity contribution in [3.8, 4) is 0 Å². The van der Waals surface area contributed by atoms with Crippen LogP contribution in [0.5, 0.6) is 0 Å². The summed E-state index contributed by atoms with van der Waals surface area (Å²) < 4.78 is 23.3. The molecule has 0 saturated carbocycles. The topological polar surface area (TPSA) is 108 Å². The lowest BCUT2D eigenvalue weighted by Gasteiger charge is -2.29. The second-order valence-electron chi connectivity index (χ2n) is 19.9. The molecule has 1 amide bonds. The summed E-state index contributed by atoms with van der Waals surface area (Å²) in [6, 6.07) is -0.920. The third kappa shape index (κ3) is 54.4. The van der Waals surface area contributed by atoms with Crippen LogP contribution in [0.25, 0.3) is 0 Å². The molecule has 3 unspecified atom stereocenters. The highest BCUT2D eigenvalue weighted by molar-refractivity contribution is 7.45. The molecule has 0 bridgehead atoms. The SMILES string of the molecule is CC/C=C\C/C=C\C/C=C\C/C=C\C/C=C\C/C=C\C/C=C\C/C=C\C/C=C\C/C=C\CCCCC(=O)NC(COP(=O)([O-])OCC[N+](C)(C)C)C(O)/C=C/CCCCCCCCCCCCCCCCC. The fourth-order valence-corrected chi connectivity index (χ4v) is 8.14. The van der Waals surface area contributed by atoms with Gasteiger partial charge in [0.15, 0.2) is 0 Å². The Morgan fingerprint density at radius 2 is 0.847 bits per heavy atom. The van der Waals surface area contributed by atoms with Crippen molar-refractivity contribution < 1.29 is 32.9 Å². The minimum absolute atomic E-state index is 0.0170. The Morgan fingerprint density at radius 3 is 1.24 bits per heavy atom. The monoisotopic (exact) mass is 1020 g/mol. The fourth-order valence-electron chi connectivity index (χ4n) is 7.41. The highest BCUT2D eigenvalue weighted by Crippen LogP contribution is 2.38. The summed E-state index contributed by atoms with van der Waals surface area (Å²) in [6.45, 7) is 4.49. The Hall–Kier alpha value is -3.36. The first-order chi connectivity index (χ1) is 35.0. The first-order valence-electron chi connectivity index (χ1n) is 28.5. The molecule has 0 radical (unpaired) electrons. The van der Waals surface area contributed by atoms with Crippen molar-refractivity contribution in [2.75, 3.05) is 40.9 Å². The molecule has 0 aliphatic rings. The number of phosphoric acid groups is 1. The number of hydrogen-bond donors (Lipinski definition) is 2. The fraction of sp³-hybridized carbons (Fsp3) is 0.635. The summed E-state index contributed by atoms with van der Waals surface area (Å²) in [6.07, 6.45) is 79.5. The Balaban J connectivity index is 4.35. The van der Waals surface area contributed by atoms with Gasteiger partial charge in [0.2, 0.25) is 5.91 Å². The molecule has 9 heteroatoms. The van der Waals surface area contributed by atoms with Gasteiger partial charge in [-0.3, -0.25) is 9.36 Å².